The number of piperazine rings is 1. The van der Waals surface area contributed by atoms with E-state index >= 15 is 0 Å². The number of hydrogen-bond donors (Lipinski definition) is 0. The number of halogens is 3. The summed E-state index contributed by atoms with van der Waals surface area (Å²) in [6.07, 6.45) is -1.99. The van der Waals surface area contributed by atoms with Crippen LogP contribution in [0.15, 0.2) is 30.3 Å². The summed E-state index contributed by atoms with van der Waals surface area (Å²) in [5, 5.41) is 0. The maximum absolute atomic E-state index is 12.5. The van der Waals surface area contributed by atoms with Crippen molar-refractivity contribution in [3.63, 3.8) is 0 Å². The van der Waals surface area contributed by atoms with Crippen LogP contribution in [0.3, 0.4) is 0 Å². The van der Waals surface area contributed by atoms with E-state index in [1.54, 1.807) is 30.6 Å². The molecule has 27 heavy (non-hydrogen) atoms. The zero-order chi connectivity index (χ0) is 20.2. The predicted octanol–water partition coefficient (Wildman–Crippen LogP) is 3.80. The molecule has 1 fully saturated rings. The number of rotatable bonds is 2. The molecule has 8 heteroatoms. The average Bonchev–Trinajstić information content (AvgIpc) is 2.58. The van der Waals surface area contributed by atoms with E-state index in [9.17, 15) is 22.8 Å². The first-order valence-electron chi connectivity index (χ1n) is 8.58. The van der Waals surface area contributed by atoms with Crippen molar-refractivity contribution in [2.45, 2.75) is 32.5 Å². The van der Waals surface area contributed by atoms with Crippen molar-refractivity contribution in [2.24, 2.45) is 0 Å². The van der Waals surface area contributed by atoms with E-state index in [1.165, 1.54) is 24.3 Å². The first-order chi connectivity index (χ1) is 12.5. The quantitative estimate of drug-likeness (QED) is 0.729. The highest BCUT2D eigenvalue weighted by Crippen LogP contribution is 2.29. The van der Waals surface area contributed by atoms with Gasteiger partial charge in [-0.05, 0) is 44.5 Å². The van der Waals surface area contributed by atoms with E-state index in [1.807, 2.05) is 0 Å². The Bertz CT molecular complexity index is 698. The Morgan fingerprint density at radius 3 is 1.96 bits per heavy atom. The number of benzene rings is 1. The molecule has 1 aromatic rings. The van der Waals surface area contributed by atoms with Gasteiger partial charge in [-0.2, -0.15) is 13.2 Å². The van der Waals surface area contributed by atoms with Gasteiger partial charge in [0.1, 0.15) is 5.60 Å². The molecule has 1 heterocycles. The van der Waals surface area contributed by atoms with Crippen LogP contribution in [-0.2, 0) is 15.7 Å². The molecule has 2 rings (SSSR count). The standard InChI is InChI=1S/C19H23F3N2O3/c1-18(2,3)27-17(26)24-12-10-23(11-13-24)16(25)9-6-14-4-7-15(8-5-14)19(20,21)22/h4-9H,10-13H2,1-3H3/b9-6-. The molecule has 0 spiro atoms. The van der Waals surface area contributed by atoms with E-state index in [4.69, 9.17) is 4.74 Å². The van der Waals surface area contributed by atoms with Crippen molar-refractivity contribution in [1.29, 1.82) is 0 Å². The van der Waals surface area contributed by atoms with Crippen LogP contribution >= 0.6 is 0 Å². The SMILES string of the molecule is CC(C)(C)OC(=O)N1CCN(C(=O)/C=C\c2ccc(C(F)(F)F)cc2)CC1. The molecule has 0 bridgehead atoms. The number of carbonyl (C=O) groups is 2. The second-order valence-corrected chi connectivity index (χ2v) is 7.25. The van der Waals surface area contributed by atoms with Gasteiger partial charge in [0.05, 0.1) is 5.56 Å². The number of ether oxygens (including phenoxy) is 1. The number of nitrogens with zero attached hydrogens (tertiary/aromatic N) is 2. The van der Waals surface area contributed by atoms with Gasteiger partial charge in [0.15, 0.2) is 0 Å². The molecule has 148 valence electrons. The van der Waals surface area contributed by atoms with E-state index in [0.29, 0.717) is 31.7 Å². The summed E-state index contributed by atoms with van der Waals surface area (Å²) in [5.74, 6) is -0.251. The minimum Gasteiger partial charge on any atom is -0.444 e. The molecule has 0 aliphatic carbocycles. The molecule has 1 aliphatic rings. The van der Waals surface area contributed by atoms with Gasteiger partial charge in [0, 0.05) is 32.3 Å². The third-order valence-corrected chi connectivity index (χ3v) is 3.90. The van der Waals surface area contributed by atoms with Gasteiger partial charge in [0.25, 0.3) is 0 Å². The number of carbonyl (C=O) groups excluding carboxylic acids is 2. The Morgan fingerprint density at radius 2 is 1.48 bits per heavy atom. The molecule has 1 aliphatic heterocycles. The minimum atomic E-state index is -4.38. The summed E-state index contributed by atoms with van der Waals surface area (Å²) < 4.78 is 42.9. The molecule has 0 saturated carbocycles. The minimum absolute atomic E-state index is 0.251. The maximum atomic E-state index is 12.5. The Labute approximate surface area is 156 Å². The molecule has 5 nitrogen and oxygen atoms in total. The summed E-state index contributed by atoms with van der Waals surface area (Å²) in [6, 6.07) is 4.58. The highest BCUT2D eigenvalue weighted by molar-refractivity contribution is 5.92. The summed E-state index contributed by atoms with van der Waals surface area (Å²) in [7, 11) is 0. The molecule has 0 aromatic heterocycles. The first-order valence-corrected chi connectivity index (χ1v) is 8.58. The number of hydrogen-bond acceptors (Lipinski definition) is 3. The summed E-state index contributed by atoms with van der Waals surface area (Å²) in [5.41, 5.74) is -0.804. The Hall–Kier alpha value is -2.51. The molecular formula is C19H23F3N2O3. The molecule has 0 N–H and O–H groups in total. The van der Waals surface area contributed by atoms with Gasteiger partial charge >= 0.3 is 12.3 Å². The van der Waals surface area contributed by atoms with Gasteiger partial charge in [-0.3, -0.25) is 4.79 Å². The molecule has 0 atom stereocenters. The lowest BCUT2D eigenvalue weighted by atomic mass is 10.1. The lowest BCUT2D eigenvalue weighted by Crippen LogP contribution is -2.51. The maximum Gasteiger partial charge on any atom is 0.416 e. The van der Waals surface area contributed by atoms with Crippen LogP contribution in [-0.4, -0.2) is 53.6 Å². The van der Waals surface area contributed by atoms with Crippen molar-refractivity contribution in [1.82, 2.24) is 9.80 Å². The second kappa shape index (κ2) is 8.02. The van der Waals surface area contributed by atoms with Crippen molar-refractivity contribution in [3.05, 3.63) is 41.5 Å². The van der Waals surface area contributed by atoms with Crippen molar-refractivity contribution >= 4 is 18.1 Å². The first kappa shape index (κ1) is 20.8. The topological polar surface area (TPSA) is 49.9 Å². The molecule has 2 amide bonds. The summed E-state index contributed by atoms with van der Waals surface area (Å²) in [4.78, 5) is 27.4. The van der Waals surface area contributed by atoms with E-state index in [0.717, 1.165) is 12.1 Å². The summed E-state index contributed by atoms with van der Waals surface area (Å²) in [6.45, 7) is 6.85. The predicted molar refractivity (Wildman–Crippen MR) is 94.9 cm³/mol. The third-order valence-electron chi connectivity index (χ3n) is 3.90. The van der Waals surface area contributed by atoms with E-state index in [-0.39, 0.29) is 5.91 Å². The van der Waals surface area contributed by atoms with Crippen LogP contribution in [0, 0.1) is 0 Å². The zero-order valence-corrected chi connectivity index (χ0v) is 15.5. The second-order valence-electron chi connectivity index (χ2n) is 7.25. The van der Waals surface area contributed by atoms with Crippen molar-refractivity contribution < 1.29 is 27.5 Å². The van der Waals surface area contributed by atoms with Crippen LogP contribution in [0.2, 0.25) is 0 Å². The number of alkyl halides is 3. The third kappa shape index (κ3) is 6.30. The fourth-order valence-electron chi connectivity index (χ4n) is 2.49. The van der Waals surface area contributed by atoms with Crippen LogP contribution in [0.4, 0.5) is 18.0 Å². The Kier molecular flexibility index (Phi) is 6.18. The van der Waals surface area contributed by atoms with Crippen molar-refractivity contribution in [2.75, 3.05) is 26.2 Å². The smallest absolute Gasteiger partial charge is 0.416 e. The molecule has 0 radical (unpaired) electrons. The fourth-order valence-corrected chi connectivity index (χ4v) is 2.49. The average molecular weight is 384 g/mol. The summed E-state index contributed by atoms with van der Waals surface area (Å²) >= 11 is 0. The molecular weight excluding hydrogens is 361 g/mol. The highest BCUT2D eigenvalue weighted by Gasteiger charge is 2.30. The van der Waals surface area contributed by atoms with Crippen LogP contribution < -0.4 is 0 Å². The van der Waals surface area contributed by atoms with Gasteiger partial charge in [-0.15, -0.1) is 0 Å². The lowest BCUT2D eigenvalue weighted by molar-refractivity contribution is -0.137. The monoisotopic (exact) mass is 384 g/mol. The molecule has 0 unspecified atom stereocenters. The number of amides is 2. The van der Waals surface area contributed by atoms with Crippen molar-refractivity contribution in [3.8, 4) is 0 Å². The van der Waals surface area contributed by atoms with Crippen LogP contribution in [0.5, 0.6) is 0 Å². The molecule has 1 aromatic carbocycles. The van der Waals surface area contributed by atoms with Crippen LogP contribution in [0.1, 0.15) is 31.9 Å². The van der Waals surface area contributed by atoms with Gasteiger partial charge in [0.2, 0.25) is 5.91 Å². The Morgan fingerprint density at radius 1 is 0.963 bits per heavy atom. The Balaban J connectivity index is 1.87. The van der Waals surface area contributed by atoms with E-state index < -0.39 is 23.4 Å². The largest absolute Gasteiger partial charge is 0.444 e. The van der Waals surface area contributed by atoms with E-state index in [2.05, 4.69) is 0 Å². The van der Waals surface area contributed by atoms with Gasteiger partial charge in [-0.1, -0.05) is 12.1 Å². The van der Waals surface area contributed by atoms with Gasteiger partial charge < -0.3 is 14.5 Å². The highest BCUT2D eigenvalue weighted by atomic mass is 19.4. The lowest BCUT2D eigenvalue weighted by Gasteiger charge is -2.35. The zero-order valence-electron chi connectivity index (χ0n) is 15.5. The van der Waals surface area contributed by atoms with Gasteiger partial charge in [-0.25, -0.2) is 4.79 Å². The van der Waals surface area contributed by atoms with Crippen LogP contribution in [0.25, 0.3) is 6.08 Å². The fraction of sp³-hybridized carbons (Fsp3) is 0.474. The molecule has 1 saturated heterocycles. The normalized spacial score (nSPS) is 15.9.